The molecule has 1 atom stereocenters. The summed E-state index contributed by atoms with van der Waals surface area (Å²) in [5.74, 6) is -0.228. The van der Waals surface area contributed by atoms with E-state index >= 15 is 0 Å². The van der Waals surface area contributed by atoms with Crippen LogP contribution >= 0.6 is 0 Å². The number of esters is 1. The molecule has 0 spiro atoms. The maximum Gasteiger partial charge on any atom is 0.306 e. The topological polar surface area (TPSA) is 55.8 Å². The normalized spacial score (nSPS) is 13.2. The number of carbonyl (C=O) groups excluding carboxylic acids is 1. The van der Waals surface area contributed by atoms with Gasteiger partial charge in [-0.05, 0) is 77.0 Å². The van der Waals surface area contributed by atoms with Crippen LogP contribution in [-0.4, -0.2) is 37.0 Å². The van der Waals surface area contributed by atoms with Crippen LogP contribution in [0.2, 0.25) is 0 Å². The average molecular weight is 737 g/mol. The summed E-state index contributed by atoms with van der Waals surface area (Å²) >= 11 is 0. The number of hydrogen-bond donors (Lipinski definition) is 1. The number of unbranched alkanes of at least 4 members (excludes halogenated alkanes) is 18. The third-order valence-electron chi connectivity index (χ3n) is 9.22. The van der Waals surface area contributed by atoms with Crippen molar-refractivity contribution >= 4 is 5.97 Å². The molecule has 0 rings (SSSR count). The number of aliphatic hydroxyl groups is 1. The van der Waals surface area contributed by atoms with E-state index in [-0.39, 0.29) is 19.2 Å². The largest absolute Gasteiger partial charge is 0.457 e. The molecule has 0 saturated heterocycles. The molecule has 1 N–H and O–H groups in total. The number of hydrogen-bond acceptors (Lipinski definition) is 4. The molecule has 0 radical (unpaired) electrons. The van der Waals surface area contributed by atoms with Crippen LogP contribution in [0, 0.1) is 0 Å². The van der Waals surface area contributed by atoms with Gasteiger partial charge in [0.05, 0.1) is 19.8 Å². The summed E-state index contributed by atoms with van der Waals surface area (Å²) in [4.78, 5) is 12.2. The van der Waals surface area contributed by atoms with Crippen molar-refractivity contribution < 1.29 is 19.4 Å². The minimum Gasteiger partial charge on any atom is -0.457 e. The Labute approximate surface area is 329 Å². The molecule has 304 valence electrons. The van der Waals surface area contributed by atoms with Crippen molar-refractivity contribution in [3.8, 4) is 0 Å². The Morgan fingerprint density at radius 1 is 0.472 bits per heavy atom. The Bertz CT molecular complexity index is 954. The van der Waals surface area contributed by atoms with Crippen LogP contribution in [0.25, 0.3) is 0 Å². The van der Waals surface area contributed by atoms with E-state index in [1.165, 1.54) is 116 Å². The van der Waals surface area contributed by atoms with Crippen molar-refractivity contribution in [3.63, 3.8) is 0 Å². The summed E-state index contributed by atoms with van der Waals surface area (Å²) in [7, 11) is 0. The molecule has 0 saturated carbocycles. The first-order chi connectivity index (χ1) is 26.2. The van der Waals surface area contributed by atoms with Crippen molar-refractivity contribution in [1.29, 1.82) is 0 Å². The second kappa shape index (κ2) is 45.7. The lowest BCUT2D eigenvalue weighted by Crippen LogP contribution is -2.27. The highest BCUT2D eigenvalue weighted by Gasteiger charge is 2.13. The summed E-state index contributed by atoms with van der Waals surface area (Å²) < 4.78 is 11.1. The van der Waals surface area contributed by atoms with Gasteiger partial charge in [-0.3, -0.25) is 4.79 Å². The summed E-state index contributed by atoms with van der Waals surface area (Å²) in [5.41, 5.74) is 0. The van der Waals surface area contributed by atoms with Crippen LogP contribution in [0.4, 0.5) is 0 Å². The highest BCUT2D eigenvalue weighted by molar-refractivity contribution is 5.69. The van der Waals surface area contributed by atoms with E-state index < -0.39 is 6.10 Å². The van der Waals surface area contributed by atoms with Gasteiger partial charge in [0.1, 0.15) is 6.10 Å². The Hall–Kier alpha value is -2.43. The Morgan fingerprint density at radius 3 is 1.28 bits per heavy atom. The van der Waals surface area contributed by atoms with Crippen molar-refractivity contribution in [3.05, 3.63) is 85.1 Å². The molecule has 0 fully saturated rings. The second-order valence-corrected chi connectivity index (χ2v) is 14.4. The number of carbonyl (C=O) groups is 1. The van der Waals surface area contributed by atoms with Gasteiger partial charge in [-0.2, -0.15) is 0 Å². The van der Waals surface area contributed by atoms with E-state index in [1.807, 2.05) is 0 Å². The second-order valence-electron chi connectivity index (χ2n) is 14.4. The quantitative estimate of drug-likeness (QED) is 0.0387. The van der Waals surface area contributed by atoms with Crippen molar-refractivity contribution in [2.24, 2.45) is 0 Å². The fourth-order valence-electron chi connectivity index (χ4n) is 5.95. The maximum atomic E-state index is 12.2. The first-order valence-corrected chi connectivity index (χ1v) is 22.2. The van der Waals surface area contributed by atoms with Crippen molar-refractivity contribution in [1.82, 2.24) is 0 Å². The first-order valence-electron chi connectivity index (χ1n) is 22.2. The van der Waals surface area contributed by atoms with Gasteiger partial charge in [0.15, 0.2) is 0 Å². The van der Waals surface area contributed by atoms with E-state index in [0.29, 0.717) is 13.0 Å². The van der Waals surface area contributed by atoms with E-state index in [2.05, 4.69) is 98.9 Å². The Morgan fingerprint density at radius 2 is 0.849 bits per heavy atom. The zero-order valence-electron chi connectivity index (χ0n) is 34.8. The van der Waals surface area contributed by atoms with Gasteiger partial charge in [-0.25, -0.2) is 0 Å². The van der Waals surface area contributed by atoms with E-state index in [9.17, 15) is 9.90 Å². The Balaban J connectivity index is 3.51. The fourth-order valence-corrected chi connectivity index (χ4v) is 5.95. The number of ether oxygens (including phenoxy) is 2. The number of aliphatic hydroxyl groups excluding tert-OH is 1. The van der Waals surface area contributed by atoms with Crippen molar-refractivity contribution in [2.45, 2.75) is 200 Å². The average Bonchev–Trinajstić information content (AvgIpc) is 3.16. The monoisotopic (exact) mass is 737 g/mol. The highest BCUT2D eigenvalue weighted by atomic mass is 16.6. The third-order valence-corrected chi connectivity index (χ3v) is 9.22. The predicted molar refractivity (Wildman–Crippen MR) is 232 cm³/mol. The molecule has 0 heterocycles. The molecule has 4 nitrogen and oxygen atoms in total. The van der Waals surface area contributed by atoms with Crippen LogP contribution in [-0.2, 0) is 14.3 Å². The van der Waals surface area contributed by atoms with Crippen molar-refractivity contribution in [2.75, 3.05) is 19.8 Å². The van der Waals surface area contributed by atoms with Gasteiger partial charge >= 0.3 is 5.97 Å². The summed E-state index contributed by atoms with van der Waals surface area (Å²) in [5, 5.41) is 9.59. The van der Waals surface area contributed by atoms with Crippen LogP contribution in [0.1, 0.15) is 194 Å². The smallest absolute Gasteiger partial charge is 0.306 e. The van der Waals surface area contributed by atoms with Crippen LogP contribution in [0.5, 0.6) is 0 Å². The molecule has 0 amide bonds. The number of allylic oxidation sites excluding steroid dienone is 13. The van der Waals surface area contributed by atoms with Gasteiger partial charge in [0, 0.05) is 6.42 Å². The lowest BCUT2D eigenvalue weighted by atomic mass is 10.0. The summed E-state index contributed by atoms with van der Waals surface area (Å²) in [6.45, 7) is 5.01. The zero-order valence-corrected chi connectivity index (χ0v) is 34.8. The minimum absolute atomic E-state index is 0.206. The predicted octanol–water partition coefficient (Wildman–Crippen LogP) is 14.8. The fraction of sp³-hybridized carbons (Fsp3) is 0.694. The number of rotatable bonds is 40. The molecule has 0 aromatic carbocycles. The van der Waals surface area contributed by atoms with E-state index in [4.69, 9.17) is 9.47 Å². The van der Waals surface area contributed by atoms with Gasteiger partial charge in [0.2, 0.25) is 0 Å². The van der Waals surface area contributed by atoms with Gasteiger partial charge < -0.3 is 14.6 Å². The molecule has 53 heavy (non-hydrogen) atoms. The first kappa shape index (κ1) is 50.6. The van der Waals surface area contributed by atoms with Crippen LogP contribution in [0.15, 0.2) is 85.1 Å². The molecule has 0 aromatic rings. The molecule has 0 aliphatic heterocycles. The SMILES string of the molecule is CC/C=C\C/C=C\C/C=C\C/C=C\C/C=C\CCOCC(CO)OC(=O)CCCCCCCCCCCCCCC/C=C\C/C=C\CCCCCCC. The lowest BCUT2D eigenvalue weighted by Gasteiger charge is -2.15. The molecule has 0 aliphatic carbocycles. The third kappa shape index (κ3) is 43.9. The van der Waals surface area contributed by atoms with Gasteiger partial charge in [-0.1, -0.05) is 195 Å². The molecule has 0 aliphatic rings. The van der Waals surface area contributed by atoms with E-state index in [0.717, 1.165) is 57.8 Å². The zero-order chi connectivity index (χ0) is 38.4. The molecule has 0 bridgehead atoms. The van der Waals surface area contributed by atoms with Gasteiger partial charge in [-0.15, -0.1) is 0 Å². The van der Waals surface area contributed by atoms with Crippen LogP contribution in [0.3, 0.4) is 0 Å². The highest BCUT2D eigenvalue weighted by Crippen LogP contribution is 2.14. The molecule has 4 heteroatoms. The maximum absolute atomic E-state index is 12.2. The molecular weight excluding hydrogens is 653 g/mol. The summed E-state index contributed by atoms with van der Waals surface area (Å²) in [6, 6.07) is 0. The minimum atomic E-state index is -0.579. The van der Waals surface area contributed by atoms with Crippen LogP contribution < -0.4 is 0 Å². The molecular formula is C49H84O4. The standard InChI is InChI=1S/C49H84O4/c1-3-5-7-9-11-13-15-17-19-21-22-23-24-25-26-27-28-29-30-32-34-36-38-40-42-44-49(51)53-48(46-50)47-52-45-43-41-39-37-35-33-31-20-18-16-14-12-10-8-6-4-2/h6,8,12,14-15,17-18,20-22,33,35,39,41,48,50H,3-5,7,9-11,13,16,19,23-32,34,36-38,40,42-47H2,1-2H3/b8-6-,14-12-,17-15-,20-18-,22-21-,35-33-,41-39-. The van der Waals surface area contributed by atoms with Gasteiger partial charge in [0.25, 0.3) is 0 Å². The van der Waals surface area contributed by atoms with E-state index in [1.54, 1.807) is 0 Å². The Kier molecular flexibility index (Phi) is 43.6. The lowest BCUT2D eigenvalue weighted by molar-refractivity contribution is -0.154. The molecule has 0 aromatic heterocycles. The summed E-state index contributed by atoms with van der Waals surface area (Å²) in [6.07, 6.45) is 63.8. The molecule has 1 unspecified atom stereocenters.